The predicted molar refractivity (Wildman–Crippen MR) is 144 cm³/mol. The maximum absolute atomic E-state index is 9.86. The summed E-state index contributed by atoms with van der Waals surface area (Å²) in [5.74, 6) is 0.788. The predicted octanol–water partition coefficient (Wildman–Crippen LogP) is 7.28. The molecule has 0 fully saturated rings. The molecule has 4 aromatic carbocycles. The molecule has 0 atom stereocenters. The molecule has 4 rings (SSSR count). The van der Waals surface area contributed by atoms with Crippen molar-refractivity contribution in [2.45, 2.75) is 13.0 Å². The largest absolute Gasteiger partial charge is 0.491 e. The van der Waals surface area contributed by atoms with Crippen molar-refractivity contribution in [2.75, 3.05) is 19.8 Å². The van der Waals surface area contributed by atoms with Gasteiger partial charge >= 0.3 is 0 Å². The molecule has 0 bridgehead atoms. The molecule has 4 heteroatoms. The molecule has 4 aromatic rings. The smallest absolute Gasteiger partial charge is 0.119 e. The zero-order chi connectivity index (χ0) is 24.3. The van der Waals surface area contributed by atoms with Gasteiger partial charge in [-0.05, 0) is 64.1 Å². The zero-order valence-corrected chi connectivity index (χ0v) is 20.3. The summed E-state index contributed by atoms with van der Waals surface area (Å²) in [5.41, 5.74) is 6.48. The highest BCUT2D eigenvalue weighted by Gasteiger charge is 2.14. The summed E-state index contributed by atoms with van der Waals surface area (Å²) in [6.07, 6.45) is 0.541. The van der Waals surface area contributed by atoms with E-state index in [1.54, 1.807) is 0 Å². The van der Waals surface area contributed by atoms with Crippen molar-refractivity contribution in [2.24, 2.45) is 0 Å². The standard InChI is InChI=1S/C31H29ClO3/c32-28-15-11-26(12-16-28)31(30(19-20-33)25-9-5-2-6-10-25)27-13-17-29(18-14-27)35-22-21-34-23-24-7-3-1-4-8-24/h1-18,33H,19-23H2/b31-30+. The fourth-order valence-electron chi connectivity index (χ4n) is 4.00. The number of aliphatic hydroxyl groups is 1. The van der Waals surface area contributed by atoms with Gasteiger partial charge in [0.15, 0.2) is 0 Å². The van der Waals surface area contributed by atoms with Gasteiger partial charge in [0.1, 0.15) is 12.4 Å². The van der Waals surface area contributed by atoms with Crippen LogP contribution in [0.15, 0.2) is 109 Å². The maximum atomic E-state index is 9.86. The minimum Gasteiger partial charge on any atom is -0.491 e. The SMILES string of the molecule is OCC/C(=C(/c1ccc(Cl)cc1)c1ccc(OCCOCc2ccccc2)cc1)c1ccccc1. The monoisotopic (exact) mass is 484 g/mol. The van der Waals surface area contributed by atoms with Crippen LogP contribution in [-0.4, -0.2) is 24.9 Å². The van der Waals surface area contributed by atoms with E-state index in [0.29, 0.717) is 31.3 Å². The lowest BCUT2D eigenvalue weighted by molar-refractivity contribution is 0.0889. The maximum Gasteiger partial charge on any atom is 0.119 e. The van der Waals surface area contributed by atoms with Crippen LogP contribution < -0.4 is 4.74 Å². The van der Waals surface area contributed by atoms with E-state index < -0.39 is 0 Å². The minimum atomic E-state index is 0.0610. The molecule has 0 heterocycles. The third kappa shape index (κ3) is 7.06. The summed E-state index contributed by atoms with van der Waals surface area (Å²) in [4.78, 5) is 0. The van der Waals surface area contributed by atoms with Crippen molar-refractivity contribution in [3.63, 3.8) is 0 Å². The molecule has 0 aromatic heterocycles. The molecule has 0 aliphatic rings. The quantitative estimate of drug-likeness (QED) is 0.179. The van der Waals surface area contributed by atoms with Crippen LogP contribution >= 0.6 is 11.6 Å². The molecular formula is C31H29ClO3. The Balaban J connectivity index is 1.52. The molecule has 0 saturated carbocycles. The number of rotatable bonds is 11. The van der Waals surface area contributed by atoms with Crippen molar-refractivity contribution in [3.8, 4) is 5.75 Å². The Morgan fingerprint density at radius 3 is 1.89 bits per heavy atom. The third-order valence-electron chi connectivity index (χ3n) is 5.67. The van der Waals surface area contributed by atoms with Crippen LogP contribution in [0.4, 0.5) is 0 Å². The van der Waals surface area contributed by atoms with Crippen molar-refractivity contribution in [1.82, 2.24) is 0 Å². The summed E-state index contributed by atoms with van der Waals surface area (Å²) >= 11 is 6.16. The number of aliphatic hydroxyl groups excluding tert-OH is 1. The lowest BCUT2D eigenvalue weighted by Crippen LogP contribution is -2.06. The van der Waals surface area contributed by atoms with Gasteiger partial charge in [0.05, 0.1) is 13.2 Å². The lowest BCUT2D eigenvalue weighted by atomic mass is 9.88. The lowest BCUT2D eigenvalue weighted by Gasteiger charge is -2.17. The van der Waals surface area contributed by atoms with Gasteiger partial charge in [-0.2, -0.15) is 0 Å². The molecule has 35 heavy (non-hydrogen) atoms. The van der Waals surface area contributed by atoms with Crippen LogP contribution in [0, 0.1) is 0 Å². The van der Waals surface area contributed by atoms with E-state index in [-0.39, 0.29) is 6.61 Å². The van der Waals surface area contributed by atoms with E-state index in [1.807, 2.05) is 84.9 Å². The Bertz CT molecular complexity index is 1200. The molecule has 178 valence electrons. The van der Waals surface area contributed by atoms with E-state index in [4.69, 9.17) is 21.1 Å². The highest BCUT2D eigenvalue weighted by Crippen LogP contribution is 2.35. The topological polar surface area (TPSA) is 38.7 Å². The fraction of sp³-hybridized carbons (Fsp3) is 0.161. The Hall–Kier alpha value is -3.37. The first kappa shape index (κ1) is 24.7. The van der Waals surface area contributed by atoms with Gasteiger partial charge in [0.2, 0.25) is 0 Å². The first-order chi connectivity index (χ1) is 17.2. The molecule has 0 spiro atoms. The Morgan fingerprint density at radius 2 is 1.26 bits per heavy atom. The van der Waals surface area contributed by atoms with Gasteiger partial charge in [0, 0.05) is 11.6 Å². The Labute approximate surface area is 212 Å². The van der Waals surface area contributed by atoms with Crippen molar-refractivity contribution in [3.05, 3.63) is 136 Å². The van der Waals surface area contributed by atoms with E-state index in [9.17, 15) is 5.11 Å². The van der Waals surface area contributed by atoms with Gasteiger partial charge < -0.3 is 14.6 Å². The van der Waals surface area contributed by atoms with E-state index >= 15 is 0 Å². The number of halogens is 1. The molecule has 0 aliphatic heterocycles. The molecule has 0 radical (unpaired) electrons. The molecule has 0 unspecified atom stereocenters. The zero-order valence-electron chi connectivity index (χ0n) is 19.6. The van der Waals surface area contributed by atoms with Crippen LogP contribution in [0.1, 0.15) is 28.7 Å². The van der Waals surface area contributed by atoms with Crippen molar-refractivity contribution < 1.29 is 14.6 Å². The number of hydrogen-bond donors (Lipinski definition) is 1. The van der Waals surface area contributed by atoms with Crippen LogP contribution in [-0.2, 0) is 11.3 Å². The second-order valence-electron chi connectivity index (χ2n) is 8.11. The first-order valence-electron chi connectivity index (χ1n) is 11.7. The molecule has 3 nitrogen and oxygen atoms in total. The summed E-state index contributed by atoms with van der Waals surface area (Å²) in [5, 5.41) is 10.5. The van der Waals surface area contributed by atoms with Crippen LogP contribution in [0.2, 0.25) is 5.02 Å². The second-order valence-corrected chi connectivity index (χ2v) is 8.55. The summed E-state index contributed by atoms with van der Waals surface area (Å²) in [6, 6.07) is 36.2. The molecule has 0 amide bonds. The van der Waals surface area contributed by atoms with Crippen LogP contribution in [0.3, 0.4) is 0 Å². The van der Waals surface area contributed by atoms with Gasteiger partial charge in [-0.3, -0.25) is 0 Å². The molecular weight excluding hydrogens is 456 g/mol. The van der Waals surface area contributed by atoms with Gasteiger partial charge in [-0.1, -0.05) is 96.5 Å². The van der Waals surface area contributed by atoms with E-state index in [1.165, 1.54) is 0 Å². The Kier molecular flexibility index (Phi) is 9.13. The van der Waals surface area contributed by atoms with Crippen molar-refractivity contribution in [1.29, 1.82) is 0 Å². The summed E-state index contributed by atoms with van der Waals surface area (Å²) in [6.45, 7) is 1.63. The van der Waals surface area contributed by atoms with Gasteiger partial charge in [0.25, 0.3) is 0 Å². The fourth-order valence-corrected chi connectivity index (χ4v) is 4.12. The minimum absolute atomic E-state index is 0.0610. The number of ether oxygens (including phenoxy) is 2. The second kappa shape index (κ2) is 12.9. The molecule has 0 saturated heterocycles. The number of benzene rings is 4. The van der Waals surface area contributed by atoms with Crippen LogP contribution in [0.25, 0.3) is 11.1 Å². The average molecular weight is 485 g/mol. The van der Waals surface area contributed by atoms with Gasteiger partial charge in [-0.15, -0.1) is 0 Å². The highest BCUT2D eigenvalue weighted by atomic mass is 35.5. The summed E-state index contributed by atoms with van der Waals surface area (Å²) < 4.78 is 11.6. The van der Waals surface area contributed by atoms with Gasteiger partial charge in [-0.25, -0.2) is 0 Å². The van der Waals surface area contributed by atoms with E-state index in [0.717, 1.165) is 39.1 Å². The summed E-state index contributed by atoms with van der Waals surface area (Å²) in [7, 11) is 0. The third-order valence-corrected chi connectivity index (χ3v) is 5.92. The Morgan fingerprint density at radius 1 is 0.657 bits per heavy atom. The molecule has 0 aliphatic carbocycles. The first-order valence-corrected chi connectivity index (χ1v) is 12.1. The highest BCUT2D eigenvalue weighted by molar-refractivity contribution is 6.30. The van der Waals surface area contributed by atoms with Crippen molar-refractivity contribution >= 4 is 22.7 Å². The average Bonchev–Trinajstić information content (AvgIpc) is 2.91. The van der Waals surface area contributed by atoms with E-state index in [2.05, 4.69) is 24.3 Å². The molecule has 1 N–H and O–H groups in total. The normalized spacial score (nSPS) is 11.7. The number of hydrogen-bond acceptors (Lipinski definition) is 3. The van der Waals surface area contributed by atoms with Crippen LogP contribution in [0.5, 0.6) is 5.75 Å².